The van der Waals surface area contributed by atoms with Crippen LogP contribution in [0.5, 0.6) is 0 Å². The van der Waals surface area contributed by atoms with Gasteiger partial charge >= 0.3 is 0 Å². The quantitative estimate of drug-likeness (QED) is 0.792. The third-order valence-corrected chi connectivity index (χ3v) is 6.96. The van der Waals surface area contributed by atoms with E-state index in [2.05, 4.69) is 10.2 Å². The van der Waals surface area contributed by atoms with Gasteiger partial charge in [0.25, 0.3) is 0 Å². The number of sulfonamides is 1. The van der Waals surface area contributed by atoms with Gasteiger partial charge in [0.1, 0.15) is 18.2 Å². The van der Waals surface area contributed by atoms with E-state index in [0.29, 0.717) is 31.4 Å². The third-order valence-electron chi connectivity index (χ3n) is 4.99. The van der Waals surface area contributed by atoms with Crippen molar-refractivity contribution in [1.82, 2.24) is 14.5 Å². The Morgan fingerprint density at radius 1 is 1.11 bits per heavy atom. The molecule has 3 heterocycles. The Morgan fingerprint density at radius 3 is 2.70 bits per heavy atom. The van der Waals surface area contributed by atoms with Crippen LogP contribution in [0.4, 0.5) is 0 Å². The average Bonchev–Trinajstić information content (AvgIpc) is 3.39. The number of nitriles is 1. The second kappa shape index (κ2) is 7.38. The lowest BCUT2D eigenvalue weighted by Crippen LogP contribution is -2.39. The molecule has 142 valence electrons. The molecule has 0 spiro atoms. The first kappa shape index (κ1) is 18.1. The lowest BCUT2D eigenvalue weighted by molar-refractivity contribution is 0.0858. The maximum absolute atomic E-state index is 13.3. The Hall–Kier alpha value is -2.28. The van der Waals surface area contributed by atoms with Crippen LogP contribution in [0.25, 0.3) is 0 Å². The molecule has 2 aliphatic rings. The number of hydrogen-bond donors (Lipinski definition) is 0. The van der Waals surface area contributed by atoms with Crippen molar-refractivity contribution < 1.29 is 17.6 Å². The van der Waals surface area contributed by atoms with Crippen molar-refractivity contribution in [3.63, 3.8) is 0 Å². The van der Waals surface area contributed by atoms with Gasteiger partial charge in [-0.15, -0.1) is 10.2 Å². The standard InChI is InChI=1S/C18H20N4O4S/c19-12-13-6-1-2-9-16(13)27(23,24)22-10-4-3-7-14(22)17-20-21-18(26-17)15-8-5-11-25-15/h1-2,6,9,14-15H,3-5,7-8,10-11H2/t14-,15+/m0/s1. The minimum Gasteiger partial charge on any atom is -0.421 e. The van der Waals surface area contributed by atoms with Gasteiger partial charge in [-0.2, -0.15) is 9.57 Å². The molecular weight excluding hydrogens is 368 g/mol. The largest absolute Gasteiger partial charge is 0.421 e. The van der Waals surface area contributed by atoms with Gasteiger partial charge in [-0.05, 0) is 37.8 Å². The van der Waals surface area contributed by atoms with E-state index in [1.54, 1.807) is 12.1 Å². The van der Waals surface area contributed by atoms with Gasteiger partial charge in [0.05, 0.1) is 10.5 Å². The first-order chi connectivity index (χ1) is 13.1. The summed E-state index contributed by atoms with van der Waals surface area (Å²) < 4.78 is 39.3. The van der Waals surface area contributed by atoms with Crippen molar-refractivity contribution in [2.75, 3.05) is 13.2 Å². The van der Waals surface area contributed by atoms with E-state index in [9.17, 15) is 13.7 Å². The van der Waals surface area contributed by atoms with Crippen LogP contribution in [-0.2, 0) is 14.8 Å². The fraction of sp³-hybridized carbons (Fsp3) is 0.500. The molecule has 0 amide bonds. The summed E-state index contributed by atoms with van der Waals surface area (Å²) in [4.78, 5) is 0.0123. The molecular formula is C18H20N4O4S. The predicted molar refractivity (Wildman–Crippen MR) is 93.9 cm³/mol. The predicted octanol–water partition coefficient (Wildman–Crippen LogP) is 2.71. The molecule has 4 rings (SSSR count). The molecule has 0 radical (unpaired) electrons. The highest BCUT2D eigenvalue weighted by molar-refractivity contribution is 7.89. The molecule has 0 N–H and O–H groups in total. The number of piperidine rings is 1. The van der Waals surface area contributed by atoms with Crippen molar-refractivity contribution in [2.24, 2.45) is 0 Å². The lowest BCUT2D eigenvalue weighted by Gasteiger charge is -2.32. The minimum atomic E-state index is -3.86. The first-order valence-corrected chi connectivity index (χ1v) is 10.5. The van der Waals surface area contributed by atoms with Gasteiger partial charge in [0.15, 0.2) is 0 Å². The van der Waals surface area contributed by atoms with E-state index in [1.807, 2.05) is 6.07 Å². The summed E-state index contributed by atoms with van der Waals surface area (Å²) in [5, 5.41) is 17.5. The van der Waals surface area contributed by atoms with Crippen LogP contribution in [0.2, 0.25) is 0 Å². The van der Waals surface area contributed by atoms with Crippen molar-refractivity contribution >= 4 is 10.0 Å². The molecule has 2 aromatic rings. The molecule has 2 aliphatic heterocycles. The highest BCUT2D eigenvalue weighted by Crippen LogP contribution is 2.37. The van der Waals surface area contributed by atoms with Gasteiger partial charge in [-0.3, -0.25) is 0 Å². The Labute approximate surface area is 157 Å². The topological polar surface area (TPSA) is 109 Å². The number of ether oxygens (including phenoxy) is 1. The van der Waals surface area contributed by atoms with Crippen LogP contribution >= 0.6 is 0 Å². The van der Waals surface area contributed by atoms with Gasteiger partial charge in [0, 0.05) is 13.2 Å². The summed E-state index contributed by atoms with van der Waals surface area (Å²) in [6.45, 7) is 1.02. The molecule has 0 unspecified atom stereocenters. The van der Waals surface area contributed by atoms with Crippen molar-refractivity contribution in [3.05, 3.63) is 41.6 Å². The minimum absolute atomic E-state index is 0.0123. The van der Waals surface area contributed by atoms with Crippen LogP contribution in [0, 0.1) is 11.3 Å². The van der Waals surface area contributed by atoms with E-state index >= 15 is 0 Å². The third kappa shape index (κ3) is 3.36. The number of aromatic nitrogens is 2. The molecule has 2 saturated heterocycles. The maximum Gasteiger partial charge on any atom is 0.245 e. The number of benzene rings is 1. The fourth-order valence-corrected chi connectivity index (χ4v) is 5.43. The first-order valence-electron chi connectivity index (χ1n) is 9.07. The van der Waals surface area contributed by atoms with Crippen LogP contribution in [0.1, 0.15) is 61.6 Å². The highest BCUT2D eigenvalue weighted by atomic mass is 32.2. The summed E-state index contributed by atoms with van der Waals surface area (Å²) in [7, 11) is -3.86. The number of nitrogens with zero attached hydrogens (tertiary/aromatic N) is 4. The van der Waals surface area contributed by atoms with E-state index in [0.717, 1.165) is 25.7 Å². The van der Waals surface area contributed by atoms with E-state index in [1.165, 1.54) is 16.4 Å². The molecule has 0 bridgehead atoms. The molecule has 2 fully saturated rings. The van der Waals surface area contributed by atoms with Crippen LogP contribution in [-0.4, -0.2) is 36.1 Å². The van der Waals surface area contributed by atoms with E-state index in [4.69, 9.17) is 9.15 Å². The normalized spacial score (nSPS) is 24.0. The molecule has 1 aromatic heterocycles. The number of rotatable bonds is 4. The Kier molecular flexibility index (Phi) is 4.95. The number of hydrogen-bond acceptors (Lipinski definition) is 7. The SMILES string of the molecule is N#Cc1ccccc1S(=O)(=O)N1CCCC[C@H]1c1nnc([C@H]2CCCO2)o1. The van der Waals surface area contributed by atoms with Gasteiger partial charge < -0.3 is 9.15 Å². The van der Waals surface area contributed by atoms with Crippen LogP contribution in [0.15, 0.2) is 33.6 Å². The molecule has 9 heteroatoms. The fourth-order valence-electron chi connectivity index (χ4n) is 3.63. The zero-order valence-corrected chi connectivity index (χ0v) is 15.6. The lowest BCUT2D eigenvalue weighted by atomic mass is 10.1. The smallest absolute Gasteiger partial charge is 0.245 e. The summed E-state index contributed by atoms with van der Waals surface area (Å²) >= 11 is 0. The van der Waals surface area contributed by atoms with Gasteiger partial charge in [-0.1, -0.05) is 18.6 Å². The van der Waals surface area contributed by atoms with Gasteiger partial charge in [0.2, 0.25) is 21.8 Å². The summed E-state index contributed by atoms with van der Waals surface area (Å²) in [5.74, 6) is 0.695. The van der Waals surface area contributed by atoms with E-state index < -0.39 is 16.1 Å². The zero-order valence-electron chi connectivity index (χ0n) is 14.7. The Bertz CT molecular complexity index is 960. The molecule has 27 heavy (non-hydrogen) atoms. The second-order valence-electron chi connectivity index (χ2n) is 6.72. The average molecular weight is 388 g/mol. The maximum atomic E-state index is 13.3. The second-order valence-corrected chi connectivity index (χ2v) is 8.57. The van der Waals surface area contributed by atoms with Crippen molar-refractivity contribution in [2.45, 2.75) is 49.1 Å². The van der Waals surface area contributed by atoms with Crippen molar-refractivity contribution in [1.29, 1.82) is 5.26 Å². The zero-order chi connectivity index (χ0) is 18.9. The van der Waals surface area contributed by atoms with Crippen molar-refractivity contribution in [3.8, 4) is 6.07 Å². The Morgan fingerprint density at radius 2 is 1.93 bits per heavy atom. The Balaban J connectivity index is 1.67. The summed E-state index contributed by atoms with van der Waals surface area (Å²) in [6, 6.07) is 7.67. The molecule has 1 aromatic carbocycles. The monoisotopic (exact) mass is 388 g/mol. The molecule has 0 aliphatic carbocycles. The highest BCUT2D eigenvalue weighted by Gasteiger charge is 2.39. The molecule has 0 saturated carbocycles. The molecule has 2 atom stereocenters. The van der Waals surface area contributed by atoms with Crippen LogP contribution in [0.3, 0.4) is 0 Å². The summed E-state index contributed by atoms with van der Waals surface area (Å²) in [5.41, 5.74) is 0.132. The molecule has 8 nitrogen and oxygen atoms in total. The summed E-state index contributed by atoms with van der Waals surface area (Å²) in [6.07, 6.45) is 3.77. The van der Waals surface area contributed by atoms with Gasteiger partial charge in [-0.25, -0.2) is 8.42 Å². The van der Waals surface area contributed by atoms with E-state index in [-0.39, 0.29) is 16.6 Å². The van der Waals surface area contributed by atoms with Crippen LogP contribution < -0.4 is 0 Å².